The molecule has 1 aliphatic rings. The van der Waals surface area contributed by atoms with Crippen molar-refractivity contribution in [3.63, 3.8) is 0 Å². The summed E-state index contributed by atoms with van der Waals surface area (Å²) in [6.07, 6.45) is 2.59. The van der Waals surface area contributed by atoms with E-state index in [0.717, 1.165) is 17.8 Å². The molecule has 2 atom stereocenters. The summed E-state index contributed by atoms with van der Waals surface area (Å²) >= 11 is 0. The van der Waals surface area contributed by atoms with Gasteiger partial charge in [-0.3, -0.25) is 0 Å². The first-order valence-electron chi connectivity index (χ1n) is 7.22. The molecule has 1 saturated heterocycles. The van der Waals surface area contributed by atoms with Gasteiger partial charge in [0.15, 0.2) is 0 Å². The summed E-state index contributed by atoms with van der Waals surface area (Å²) in [6, 6.07) is 10.4. The lowest BCUT2D eigenvalue weighted by Crippen LogP contribution is -2.41. The second kappa shape index (κ2) is 6.58. The monoisotopic (exact) mass is 257 g/mol. The molecule has 0 saturated carbocycles. The van der Waals surface area contributed by atoms with Crippen LogP contribution in [0, 0.1) is 17.2 Å². The van der Waals surface area contributed by atoms with Crippen LogP contribution in [0.3, 0.4) is 0 Å². The van der Waals surface area contributed by atoms with Gasteiger partial charge >= 0.3 is 0 Å². The number of nitrogens with zero attached hydrogens (tertiary/aromatic N) is 2. The van der Waals surface area contributed by atoms with Crippen LogP contribution in [0.25, 0.3) is 0 Å². The minimum absolute atomic E-state index is 0.447. The summed E-state index contributed by atoms with van der Waals surface area (Å²) in [5.74, 6) is 0.694. The number of rotatable bonds is 4. The first-order valence-corrected chi connectivity index (χ1v) is 7.22. The maximum atomic E-state index is 8.93. The average Bonchev–Trinajstić information content (AvgIpc) is 2.47. The normalized spacial score (nSPS) is 21.6. The van der Waals surface area contributed by atoms with E-state index in [0.29, 0.717) is 12.0 Å². The van der Waals surface area contributed by atoms with Crippen LogP contribution in [0.5, 0.6) is 0 Å². The molecule has 3 nitrogen and oxygen atoms in total. The fourth-order valence-electron chi connectivity index (χ4n) is 2.85. The number of likely N-dealkylation sites (tertiary alicyclic amines) is 1. The number of hydrogen-bond acceptors (Lipinski definition) is 3. The lowest BCUT2D eigenvalue weighted by molar-refractivity contribution is 0.172. The maximum absolute atomic E-state index is 8.93. The minimum Gasteiger partial charge on any atom is -0.382 e. The van der Waals surface area contributed by atoms with Crippen LogP contribution in [0.4, 0.5) is 5.69 Å². The second-order valence-electron chi connectivity index (χ2n) is 5.42. The summed E-state index contributed by atoms with van der Waals surface area (Å²) in [5.41, 5.74) is 1.77. The highest BCUT2D eigenvalue weighted by atomic mass is 15.1. The molecule has 0 aliphatic carbocycles. The van der Waals surface area contributed by atoms with E-state index >= 15 is 0 Å². The third kappa shape index (κ3) is 3.71. The molecule has 19 heavy (non-hydrogen) atoms. The molecule has 1 heterocycles. The fourth-order valence-corrected chi connectivity index (χ4v) is 2.85. The van der Waals surface area contributed by atoms with E-state index in [2.05, 4.69) is 30.1 Å². The fraction of sp³-hybridized carbons (Fsp3) is 0.562. The maximum Gasteiger partial charge on any atom is 0.0992 e. The van der Waals surface area contributed by atoms with Crippen molar-refractivity contribution in [1.82, 2.24) is 4.90 Å². The predicted molar refractivity (Wildman–Crippen MR) is 79.1 cm³/mol. The van der Waals surface area contributed by atoms with E-state index in [9.17, 15) is 0 Å². The quantitative estimate of drug-likeness (QED) is 0.901. The molecular weight excluding hydrogens is 234 g/mol. The lowest BCUT2D eigenvalue weighted by atomic mass is 9.91. The van der Waals surface area contributed by atoms with Crippen LogP contribution >= 0.6 is 0 Å². The Labute approximate surface area is 116 Å². The third-order valence-corrected chi connectivity index (χ3v) is 4.08. The van der Waals surface area contributed by atoms with Crippen molar-refractivity contribution in [2.45, 2.75) is 32.7 Å². The number of piperidine rings is 1. The van der Waals surface area contributed by atoms with Crippen LogP contribution in [-0.4, -0.2) is 30.6 Å². The molecule has 0 spiro atoms. The Morgan fingerprint density at radius 2 is 2.37 bits per heavy atom. The van der Waals surface area contributed by atoms with Crippen molar-refractivity contribution < 1.29 is 0 Å². The largest absolute Gasteiger partial charge is 0.382 e. The van der Waals surface area contributed by atoms with Gasteiger partial charge in [-0.15, -0.1) is 0 Å². The lowest BCUT2D eigenvalue weighted by Gasteiger charge is -2.35. The highest BCUT2D eigenvalue weighted by Crippen LogP contribution is 2.22. The van der Waals surface area contributed by atoms with Gasteiger partial charge in [0.05, 0.1) is 11.6 Å². The molecule has 1 aromatic carbocycles. The van der Waals surface area contributed by atoms with E-state index in [4.69, 9.17) is 5.26 Å². The van der Waals surface area contributed by atoms with E-state index in [1.807, 2.05) is 24.3 Å². The van der Waals surface area contributed by atoms with Gasteiger partial charge in [-0.05, 0) is 57.0 Å². The molecule has 0 radical (unpaired) electrons. The third-order valence-electron chi connectivity index (χ3n) is 4.08. The summed E-state index contributed by atoms with van der Waals surface area (Å²) in [7, 11) is 0. The number of benzene rings is 1. The Kier molecular flexibility index (Phi) is 4.81. The van der Waals surface area contributed by atoms with Crippen LogP contribution in [0.1, 0.15) is 32.3 Å². The molecule has 0 bridgehead atoms. The van der Waals surface area contributed by atoms with Gasteiger partial charge in [-0.2, -0.15) is 5.26 Å². The van der Waals surface area contributed by atoms with E-state index < -0.39 is 0 Å². The van der Waals surface area contributed by atoms with Crippen LogP contribution in [0.2, 0.25) is 0 Å². The zero-order chi connectivity index (χ0) is 13.7. The Morgan fingerprint density at radius 3 is 3.11 bits per heavy atom. The summed E-state index contributed by atoms with van der Waals surface area (Å²) in [6.45, 7) is 8.05. The van der Waals surface area contributed by atoms with Gasteiger partial charge in [0.1, 0.15) is 0 Å². The van der Waals surface area contributed by atoms with Crippen LogP contribution < -0.4 is 5.32 Å². The molecule has 1 aromatic rings. The molecule has 102 valence electrons. The zero-order valence-electron chi connectivity index (χ0n) is 11.9. The second-order valence-corrected chi connectivity index (χ2v) is 5.42. The van der Waals surface area contributed by atoms with E-state index in [-0.39, 0.29) is 0 Å². The highest BCUT2D eigenvalue weighted by Gasteiger charge is 2.23. The Bertz CT molecular complexity index is 450. The average molecular weight is 257 g/mol. The minimum atomic E-state index is 0.447. The molecular formula is C16H23N3. The van der Waals surface area contributed by atoms with Crippen molar-refractivity contribution in [2.75, 3.05) is 25.0 Å². The molecule has 2 unspecified atom stereocenters. The van der Waals surface area contributed by atoms with Crippen molar-refractivity contribution in [3.8, 4) is 6.07 Å². The first kappa shape index (κ1) is 13.9. The Hall–Kier alpha value is -1.53. The molecule has 1 N–H and O–H groups in total. The number of hydrogen-bond donors (Lipinski definition) is 1. The Morgan fingerprint density at radius 1 is 1.53 bits per heavy atom. The SMILES string of the molecule is CCN1CCCC(C(C)Nc2cccc(C#N)c2)C1. The van der Waals surface area contributed by atoms with Gasteiger partial charge < -0.3 is 10.2 Å². The van der Waals surface area contributed by atoms with Gasteiger partial charge in [-0.25, -0.2) is 0 Å². The van der Waals surface area contributed by atoms with Crippen molar-refractivity contribution in [1.29, 1.82) is 5.26 Å². The topological polar surface area (TPSA) is 39.1 Å². The van der Waals surface area contributed by atoms with Gasteiger partial charge in [0.2, 0.25) is 0 Å². The first-order chi connectivity index (χ1) is 9.22. The molecule has 0 aromatic heterocycles. The number of nitrogens with one attached hydrogen (secondary N) is 1. The molecule has 0 amide bonds. The van der Waals surface area contributed by atoms with Crippen molar-refractivity contribution in [2.24, 2.45) is 5.92 Å². The van der Waals surface area contributed by atoms with Gasteiger partial charge in [0.25, 0.3) is 0 Å². The Balaban J connectivity index is 1.96. The van der Waals surface area contributed by atoms with E-state index in [1.165, 1.54) is 25.9 Å². The summed E-state index contributed by atoms with van der Waals surface area (Å²) < 4.78 is 0. The van der Waals surface area contributed by atoms with Crippen molar-refractivity contribution in [3.05, 3.63) is 29.8 Å². The van der Waals surface area contributed by atoms with Gasteiger partial charge in [-0.1, -0.05) is 13.0 Å². The molecule has 3 heteroatoms. The summed E-state index contributed by atoms with van der Waals surface area (Å²) in [5, 5.41) is 12.5. The molecule has 1 fully saturated rings. The smallest absolute Gasteiger partial charge is 0.0992 e. The van der Waals surface area contributed by atoms with Crippen LogP contribution in [0.15, 0.2) is 24.3 Å². The molecule has 1 aliphatic heterocycles. The van der Waals surface area contributed by atoms with Crippen LogP contribution in [-0.2, 0) is 0 Å². The number of nitriles is 1. The van der Waals surface area contributed by atoms with Crippen molar-refractivity contribution >= 4 is 5.69 Å². The standard InChI is InChI=1S/C16H23N3/c1-3-19-9-5-7-15(12-19)13(2)18-16-8-4-6-14(10-16)11-17/h4,6,8,10,13,15,18H,3,5,7,9,12H2,1-2H3. The number of anilines is 1. The highest BCUT2D eigenvalue weighted by molar-refractivity contribution is 5.49. The summed E-state index contributed by atoms with van der Waals surface area (Å²) in [4.78, 5) is 2.53. The molecule has 2 rings (SSSR count). The predicted octanol–water partition coefficient (Wildman–Crippen LogP) is 3.09. The zero-order valence-corrected chi connectivity index (χ0v) is 11.9. The van der Waals surface area contributed by atoms with Gasteiger partial charge in [0, 0.05) is 18.3 Å². The van der Waals surface area contributed by atoms with E-state index in [1.54, 1.807) is 0 Å².